The monoisotopic (exact) mass is 260 g/mol. The third-order valence-corrected chi connectivity index (χ3v) is 3.54. The van der Waals surface area contributed by atoms with E-state index in [1.54, 1.807) is 0 Å². The Morgan fingerprint density at radius 1 is 1.16 bits per heavy atom. The molecule has 1 fully saturated rings. The van der Waals surface area contributed by atoms with Crippen LogP contribution >= 0.6 is 0 Å². The second-order valence-electron chi connectivity index (χ2n) is 4.85. The molecule has 1 aliphatic heterocycles. The number of β-amino-alcohol motifs (C(OH)–C–C–N with tert-alkyl or cyclic N) is 2. The van der Waals surface area contributed by atoms with E-state index in [9.17, 15) is 15.3 Å². The molecule has 1 aliphatic rings. The normalized spacial score (nSPS) is 23.2. The van der Waals surface area contributed by atoms with Crippen molar-refractivity contribution in [3.8, 4) is 0 Å². The molecule has 0 saturated carbocycles. The van der Waals surface area contributed by atoms with Gasteiger partial charge in [-0.25, -0.2) is 4.98 Å². The van der Waals surface area contributed by atoms with Crippen LogP contribution in [0.1, 0.15) is 5.56 Å². The van der Waals surface area contributed by atoms with Crippen LogP contribution in [0.3, 0.4) is 0 Å². The van der Waals surface area contributed by atoms with Gasteiger partial charge in [0.1, 0.15) is 5.82 Å². The number of para-hydroxylation sites is 1. The predicted molar refractivity (Wildman–Crippen MR) is 71.9 cm³/mol. The molecular weight excluding hydrogens is 244 g/mol. The van der Waals surface area contributed by atoms with Crippen molar-refractivity contribution >= 4 is 16.7 Å². The molecule has 100 valence electrons. The van der Waals surface area contributed by atoms with Gasteiger partial charge in [-0.1, -0.05) is 18.2 Å². The number of rotatable bonds is 2. The molecule has 1 aromatic carbocycles. The Kier molecular flexibility index (Phi) is 3.10. The highest BCUT2D eigenvalue weighted by atomic mass is 16.3. The van der Waals surface area contributed by atoms with E-state index in [-0.39, 0.29) is 6.61 Å². The van der Waals surface area contributed by atoms with E-state index in [0.717, 1.165) is 16.5 Å². The van der Waals surface area contributed by atoms with Gasteiger partial charge in [-0.2, -0.15) is 0 Å². The van der Waals surface area contributed by atoms with Crippen LogP contribution < -0.4 is 4.90 Å². The van der Waals surface area contributed by atoms with E-state index >= 15 is 0 Å². The highest BCUT2D eigenvalue weighted by molar-refractivity contribution is 5.84. The summed E-state index contributed by atoms with van der Waals surface area (Å²) < 4.78 is 0. The summed E-state index contributed by atoms with van der Waals surface area (Å²) in [5, 5.41) is 29.6. The van der Waals surface area contributed by atoms with Crippen molar-refractivity contribution < 1.29 is 15.3 Å². The number of aliphatic hydroxyl groups is 3. The Hall–Kier alpha value is -1.69. The van der Waals surface area contributed by atoms with E-state index in [2.05, 4.69) is 4.98 Å². The zero-order valence-electron chi connectivity index (χ0n) is 10.4. The molecule has 0 radical (unpaired) electrons. The van der Waals surface area contributed by atoms with Crippen LogP contribution in [-0.4, -0.2) is 45.6 Å². The zero-order chi connectivity index (χ0) is 13.4. The fourth-order valence-electron chi connectivity index (χ4n) is 2.48. The van der Waals surface area contributed by atoms with E-state index < -0.39 is 12.2 Å². The van der Waals surface area contributed by atoms with Gasteiger partial charge < -0.3 is 20.2 Å². The summed E-state index contributed by atoms with van der Waals surface area (Å²) in [5.41, 5.74) is 1.61. The molecule has 1 aromatic heterocycles. The highest BCUT2D eigenvalue weighted by Crippen LogP contribution is 2.25. The van der Waals surface area contributed by atoms with E-state index in [1.807, 2.05) is 35.2 Å². The number of nitrogens with zero attached hydrogens (tertiary/aromatic N) is 2. The van der Waals surface area contributed by atoms with Gasteiger partial charge >= 0.3 is 0 Å². The molecule has 19 heavy (non-hydrogen) atoms. The summed E-state index contributed by atoms with van der Waals surface area (Å²) in [5.74, 6) is 0.679. The zero-order valence-corrected chi connectivity index (χ0v) is 10.4. The number of aliphatic hydroxyl groups excluding tert-OH is 3. The van der Waals surface area contributed by atoms with Gasteiger partial charge in [0.2, 0.25) is 0 Å². The molecule has 5 heteroatoms. The minimum Gasteiger partial charge on any atom is -0.392 e. The van der Waals surface area contributed by atoms with Gasteiger partial charge in [0, 0.05) is 18.5 Å². The summed E-state index contributed by atoms with van der Waals surface area (Å²) in [6.07, 6.45) is -1.49. The fourth-order valence-corrected chi connectivity index (χ4v) is 2.48. The highest BCUT2D eigenvalue weighted by Gasteiger charge is 2.30. The first kappa shape index (κ1) is 12.3. The van der Waals surface area contributed by atoms with Crippen molar-refractivity contribution in [2.75, 3.05) is 18.0 Å². The second kappa shape index (κ2) is 4.77. The topological polar surface area (TPSA) is 76.8 Å². The Bertz CT molecular complexity index is 592. The first-order chi connectivity index (χ1) is 9.19. The minimum absolute atomic E-state index is 0.0605. The molecule has 5 nitrogen and oxygen atoms in total. The average Bonchev–Trinajstić information content (AvgIpc) is 2.77. The maximum absolute atomic E-state index is 9.60. The minimum atomic E-state index is -0.745. The van der Waals surface area contributed by atoms with Crippen molar-refractivity contribution in [2.24, 2.45) is 0 Å². The van der Waals surface area contributed by atoms with Crippen LogP contribution in [-0.2, 0) is 6.61 Å². The molecule has 3 N–H and O–H groups in total. The molecule has 2 atom stereocenters. The number of anilines is 1. The number of aromatic nitrogens is 1. The molecule has 0 aliphatic carbocycles. The molecule has 2 aromatic rings. The predicted octanol–water partition coefficient (Wildman–Crippen LogP) is 0.269. The molecule has 2 heterocycles. The summed E-state index contributed by atoms with van der Waals surface area (Å²) in [7, 11) is 0. The number of fused-ring (bicyclic) bond motifs is 1. The van der Waals surface area contributed by atoms with Gasteiger partial charge in [-0.05, 0) is 17.7 Å². The maximum Gasteiger partial charge on any atom is 0.129 e. The second-order valence-corrected chi connectivity index (χ2v) is 4.85. The van der Waals surface area contributed by atoms with Crippen LogP contribution in [0.5, 0.6) is 0 Å². The first-order valence-corrected chi connectivity index (χ1v) is 6.29. The molecule has 0 bridgehead atoms. The molecule has 3 rings (SSSR count). The third-order valence-electron chi connectivity index (χ3n) is 3.54. The number of hydrogen-bond acceptors (Lipinski definition) is 5. The number of pyridine rings is 1. The van der Waals surface area contributed by atoms with Gasteiger partial charge in [0.05, 0.1) is 24.3 Å². The van der Waals surface area contributed by atoms with Crippen molar-refractivity contribution in [1.29, 1.82) is 0 Å². The van der Waals surface area contributed by atoms with Gasteiger partial charge in [0.25, 0.3) is 0 Å². The lowest BCUT2D eigenvalue weighted by molar-refractivity contribution is 0.0572. The maximum atomic E-state index is 9.60. The number of benzene rings is 1. The molecule has 1 saturated heterocycles. The van der Waals surface area contributed by atoms with Crippen molar-refractivity contribution in [3.05, 3.63) is 35.9 Å². The van der Waals surface area contributed by atoms with Gasteiger partial charge in [-0.3, -0.25) is 0 Å². The summed E-state index contributed by atoms with van der Waals surface area (Å²) >= 11 is 0. The Balaban J connectivity index is 2.05. The van der Waals surface area contributed by atoms with Gasteiger partial charge in [0.15, 0.2) is 0 Å². The van der Waals surface area contributed by atoms with Crippen LogP contribution in [0, 0.1) is 0 Å². The molecule has 0 amide bonds. The lowest BCUT2D eigenvalue weighted by Crippen LogP contribution is -2.22. The SMILES string of the molecule is OCc1cc(N2CC(O)C(O)C2)nc2ccccc12. The van der Waals surface area contributed by atoms with Crippen LogP contribution in [0.25, 0.3) is 10.9 Å². The van der Waals surface area contributed by atoms with Crippen LogP contribution in [0.2, 0.25) is 0 Å². The Morgan fingerprint density at radius 3 is 2.53 bits per heavy atom. The van der Waals surface area contributed by atoms with E-state index in [1.165, 1.54) is 0 Å². The summed E-state index contributed by atoms with van der Waals surface area (Å²) in [4.78, 5) is 6.36. The largest absolute Gasteiger partial charge is 0.392 e. The quantitative estimate of drug-likeness (QED) is 0.722. The Labute approximate surface area is 110 Å². The third kappa shape index (κ3) is 2.16. The van der Waals surface area contributed by atoms with Crippen LogP contribution in [0.15, 0.2) is 30.3 Å². The Morgan fingerprint density at radius 2 is 1.84 bits per heavy atom. The molecule has 2 unspecified atom stereocenters. The van der Waals surface area contributed by atoms with Crippen LogP contribution in [0.4, 0.5) is 5.82 Å². The smallest absolute Gasteiger partial charge is 0.129 e. The molecular formula is C14H16N2O3. The van der Waals surface area contributed by atoms with Crippen molar-refractivity contribution in [2.45, 2.75) is 18.8 Å². The lowest BCUT2D eigenvalue weighted by atomic mass is 10.1. The van der Waals surface area contributed by atoms with Gasteiger partial charge in [-0.15, -0.1) is 0 Å². The fraction of sp³-hybridized carbons (Fsp3) is 0.357. The number of hydrogen-bond donors (Lipinski definition) is 3. The standard InChI is InChI=1S/C14H16N2O3/c17-8-9-5-14(16-6-12(18)13(19)7-16)15-11-4-2-1-3-10(9)11/h1-5,12-13,17-19H,6-8H2. The van der Waals surface area contributed by atoms with E-state index in [4.69, 9.17) is 0 Å². The van der Waals surface area contributed by atoms with Crippen molar-refractivity contribution in [3.63, 3.8) is 0 Å². The summed E-state index contributed by atoms with van der Waals surface area (Å²) in [6, 6.07) is 9.43. The first-order valence-electron chi connectivity index (χ1n) is 6.29. The van der Waals surface area contributed by atoms with Crippen molar-refractivity contribution in [1.82, 2.24) is 4.98 Å². The average molecular weight is 260 g/mol. The molecule has 0 spiro atoms. The lowest BCUT2D eigenvalue weighted by Gasteiger charge is -2.18. The van der Waals surface area contributed by atoms with E-state index in [0.29, 0.717) is 18.9 Å². The summed E-state index contributed by atoms with van der Waals surface area (Å²) in [6.45, 7) is 0.656.